The third-order valence-corrected chi connectivity index (χ3v) is 4.05. The number of rotatable bonds is 3. The lowest BCUT2D eigenvalue weighted by Crippen LogP contribution is -2.02. The number of halogens is 2. The van der Waals surface area contributed by atoms with Gasteiger partial charge in [0.1, 0.15) is 22.3 Å². The number of nitrogens with zero attached hydrogens (tertiary/aromatic N) is 3. The van der Waals surface area contributed by atoms with Gasteiger partial charge < -0.3 is 5.32 Å². The standard InChI is InChI=1S/C9H8BrClN4S/c1-5-3-16-6(15-5)2-12-9-7(10)8(11)13-4-14-9/h3-4H,2H2,1H3,(H,12,13,14). The van der Waals surface area contributed by atoms with E-state index in [1.165, 1.54) is 6.33 Å². The highest BCUT2D eigenvalue weighted by Crippen LogP contribution is 2.26. The maximum absolute atomic E-state index is 5.85. The Morgan fingerprint density at radius 2 is 2.31 bits per heavy atom. The van der Waals surface area contributed by atoms with Gasteiger partial charge in [0.15, 0.2) is 0 Å². The molecule has 84 valence electrons. The number of anilines is 1. The lowest BCUT2D eigenvalue weighted by molar-refractivity contribution is 1.04. The van der Waals surface area contributed by atoms with Crippen molar-refractivity contribution >= 4 is 44.7 Å². The van der Waals surface area contributed by atoms with Gasteiger partial charge in [0.25, 0.3) is 0 Å². The molecule has 7 heteroatoms. The minimum absolute atomic E-state index is 0.396. The Labute approximate surface area is 110 Å². The predicted molar refractivity (Wildman–Crippen MR) is 68.9 cm³/mol. The molecule has 0 fully saturated rings. The van der Waals surface area contributed by atoms with E-state index in [0.717, 1.165) is 10.7 Å². The van der Waals surface area contributed by atoms with E-state index < -0.39 is 0 Å². The molecule has 2 aromatic heterocycles. The largest absolute Gasteiger partial charge is 0.362 e. The third kappa shape index (κ3) is 2.69. The molecule has 0 aliphatic heterocycles. The number of aryl methyl sites for hydroxylation is 1. The van der Waals surface area contributed by atoms with Crippen LogP contribution in [0.3, 0.4) is 0 Å². The quantitative estimate of drug-likeness (QED) is 0.882. The second-order valence-corrected chi connectivity index (χ2v) is 5.16. The Bertz CT molecular complexity index is 502. The summed E-state index contributed by atoms with van der Waals surface area (Å²) in [5.74, 6) is 0.674. The highest BCUT2D eigenvalue weighted by atomic mass is 79.9. The first-order valence-corrected chi connectivity index (χ1v) is 6.53. The Morgan fingerprint density at radius 3 is 3.00 bits per heavy atom. The van der Waals surface area contributed by atoms with E-state index in [0.29, 0.717) is 22.0 Å². The van der Waals surface area contributed by atoms with Crippen molar-refractivity contribution in [1.82, 2.24) is 15.0 Å². The molecule has 0 aromatic carbocycles. The molecule has 0 saturated heterocycles. The van der Waals surface area contributed by atoms with Crippen LogP contribution in [0.2, 0.25) is 5.15 Å². The Balaban J connectivity index is 2.07. The third-order valence-electron chi connectivity index (χ3n) is 1.82. The van der Waals surface area contributed by atoms with Crippen LogP contribution in [-0.2, 0) is 6.54 Å². The molecule has 0 amide bonds. The van der Waals surface area contributed by atoms with E-state index in [9.17, 15) is 0 Å². The first kappa shape index (κ1) is 11.8. The van der Waals surface area contributed by atoms with Gasteiger partial charge in [-0.25, -0.2) is 15.0 Å². The molecule has 2 aromatic rings. The summed E-state index contributed by atoms with van der Waals surface area (Å²) in [6, 6.07) is 0. The second-order valence-electron chi connectivity index (χ2n) is 3.06. The van der Waals surface area contributed by atoms with Crippen molar-refractivity contribution in [2.45, 2.75) is 13.5 Å². The predicted octanol–water partition coefficient (Wildman–Crippen LogP) is 3.27. The molecule has 0 bridgehead atoms. The van der Waals surface area contributed by atoms with E-state index in [2.05, 4.69) is 36.2 Å². The van der Waals surface area contributed by atoms with Crippen molar-refractivity contribution in [2.75, 3.05) is 5.32 Å². The van der Waals surface area contributed by atoms with Gasteiger partial charge >= 0.3 is 0 Å². The van der Waals surface area contributed by atoms with Crippen LogP contribution in [0.1, 0.15) is 10.7 Å². The zero-order valence-electron chi connectivity index (χ0n) is 8.37. The van der Waals surface area contributed by atoms with Gasteiger partial charge in [-0.1, -0.05) is 11.6 Å². The van der Waals surface area contributed by atoms with Gasteiger partial charge in [-0.3, -0.25) is 0 Å². The zero-order chi connectivity index (χ0) is 11.5. The summed E-state index contributed by atoms with van der Waals surface area (Å²) < 4.78 is 0.671. The second kappa shape index (κ2) is 5.07. The van der Waals surface area contributed by atoms with Gasteiger partial charge in [-0.15, -0.1) is 11.3 Å². The first-order valence-electron chi connectivity index (χ1n) is 4.47. The molecule has 0 saturated carbocycles. The van der Waals surface area contributed by atoms with Crippen molar-refractivity contribution in [1.29, 1.82) is 0 Å². The summed E-state index contributed by atoms with van der Waals surface area (Å²) in [6.45, 7) is 2.60. The Morgan fingerprint density at radius 1 is 1.50 bits per heavy atom. The molecule has 2 rings (SSSR count). The lowest BCUT2D eigenvalue weighted by Gasteiger charge is -2.05. The molecular formula is C9H8BrClN4S. The number of aromatic nitrogens is 3. The lowest BCUT2D eigenvalue weighted by atomic mass is 10.5. The Kier molecular flexibility index (Phi) is 3.73. The van der Waals surface area contributed by atoms with Crippen LogP contribution in [0.25, 0.3) is 0 Å². The fourth-order valence-electron chi connectivity index (χ4n) is 1.11. The molecule has 0 radical (unpaired) electrons. The van der Waals surface area contributed by atoms with Crippen LogP contribution in [0.15, 0.2) is 16.2 Å². The molecule has 0 aliphatic carbocycles. The van der Waals surface area contributed by atoms with Crippen LogP contribution < -0.4 is 5.32 Å². The molecule has 16 heavy (non-hydrogen) atoms. The maximum Gasteiger partial charge on any atom is 0.148 e. The average Bonchev–Trinajstić information content (AvgIpc) is 2.67. The highest BCUT2D eigenvalue weighted by Gasteiger charge is 2.06. The maximum atomic E-state index is 5.85. The van der Waals surface area contributed by atoms with Crippen LogP contribution in [0.4, 0.5) is 5.82 Å². The van der Waals surface area contributed by atoms with E-state index in [4.69, 9.17) is 11.6 Å². The van der Waals surface area contributed by atoms with Gasteiger partial charge in [-0.05, 0) is 22.9 Å². The van der Waals surface area contributed by atoms with Crippen LogP contribution in [0, 0.1) is 6.92 Å². The van der Waals surface area contributed by atoms with Crippen molar-refractivity contribution in [3.05, 3.63) is 32.0 Å². The van der Waals surface area contributed by atoms with E-state index in [1.54, 1.807) is 11.3 Å². The molecule has 0 unspecified atom stereocenters. The smallest absolute Gasteiger partial charge is 0.148 e. The van der Waals surface area contributed by atoms with E-state index in [-0.39, 0.29) is 0 Å². The molecular weight excluding hydrogens is 312 g/mol. The molecule has 0 spiro atoms. The molecule has 1 N–H and O–H groups in total. The van der Waals surface area contributed by atoms with Gasteiger partial charge in [0.05, 0.1) is 11.0 Å². The fraction of sp³-hybridized carbons (Fsp3) is 0.222. The summed E-state index contributed by atoms with van der Waals surface area (Å²) >= 11 is 10.8. The number of hydrogen-bond acceptors (Lipinski definition) is 5. The first-order chi connectivity index (χ1) is 7.66. The van der Waals surface area contributed by atoms with E-state index >= 15 is 0 Å². The van der Waals surface area contributed by atoms with Crippen molar-refractivity contribution in [3.63, 3.8) is 0 Å². The van der Waals surface area contributed by atoms with Crippen molar-refractivity contribution in [2.24, 2.45) is 0 Å². The van der Waals surface area contributed by atoms with Crippen LogP contribution in [-0.4, -0.2) is 15.0 Å². The number of thiazole rings is 1. The molecule has 0 atom stereocenters. The number of hydrogen-bond donors (Lipinski definition) is 1. The average molecular weight is 320 g/mol. The van der Waals surface area contributed by atoms with Gasteiger partial charge in [0.2, 0.25) is 0 Å². The Hall–Kier alpha value is -0.720. The number of nitrogens with one attached hydrogen (secondary N) is 1. The van der Waals surface area contributed by atoms with Crippen molar-refractivity contribution in [3.8, 4) is 0 Å². The molecule has 4 nitrogen and oxygen atoms in total. The highest BCUT2D eigenvalue weighted by molar-refractivity contribution is 9.10. The molecule has 0 aliphatic rings. The monoisotopic (exact) mass is 318 g/mol. The van der Waals surface area contributed by atoms with Crippen LogP contribution in [0.5, 0.6) is 0 Å². The topological polar surface area (TPSA) is 50.7 Å². The normalized spacial score (nSPS) is 10.4. The summed E-state index contributed by atoms with van der Waals surface area (Å²) in [5.41, 5.74) is 1.03. The SMILES string of the molecule is Cc1csc(CNc2ncnc(Cl)c2Br)n1. The summed E-state index contributed by atoms with van der Waals surface area (Å²) in [5, 5.41) is 6.57. The minimum atomic E-state index is 0.396. The fourth-order valence-corrected chi connectivity index (χ4v) is 2.30. The van der Waals surface area contributed by atoms with E-state index in [1.807, 2.05) is 12.3 Å². The summed E-state index contributed by atoms with van der Waals surface area (Å²) in [4.78, 5) is 12.3. The zero-order valence-corrected chi connectivity index (χ0v) is 11.5. The van der Waals surface area contributed by atoms with Crippen molar-refractivity contribution < 1.29 is 0 Å². The summed E-state index contributed by atoms with van der Waals surface area (Å²) in [6.07, 6.45) is 1.42. The van der Waals surface area contributed by atoms with Gasteiger partial charge in [-0.2, -0.15) is 0 Å². The van der Waals surface area contributed by atoms with Crippen LogP contribution >= 0.6 is 38.9 Å². The molecule has 2 heterocycles. The van der Waals surface area contributed by atoms with Gasteiger partial charge in [0, 0.05) is 11.1 Å². The summed E-state index contributed by atoms with van der Waals surface area (Å²) in [7, 11) is 0. The minimum Gasteiger partial charge on any atom is -0.362 e.